The van der Waals surface area contributed by atoms with Gasteiger partial charge < -0.3 is 5.32 Å². The smallest absolute Gasteiger partial charge is 0.0153 e. The van der Waals surface area contributed by atoms with Gasteiger partial charge in [-0.3, -0.25) is 0 Å². The summed E-state index contributed by atoms with van der Waals surface area (Å²) in [4.78, 5) is 0. The molecule has 1 aliphatic carbocycles. The number of rotatable bonds is 0. The van der Waals surface area contributed by atoms with Gasteiger partial charge in [0, 0.05) is 17.7 Å². The van der Waals surface area contributed by atoms with Gasteiger partial charge >= 0.3 is 0 Å². The van der Waals surface area contributed by atoms with Gasteiger partial charge in [0.2, 0.25) is 0 Å². The third kappa shape index (κ3) is 0.764. The molecule has 0 aromatic rings. The molecule has 0 saturated carbocycles. The average Bonchev–Trinajstić information content (AvgIpc) is 2.29. The van der Waals surface area contributed by atoms with Gasteiger partial charge in [-0.15, -0.1) is 0 Å². The van der Waals surface area contributed by atoms with E-state index >= 15 is 0 Å². The molecule has 1 heterocycles. The van der Waals surface area contributed by atoms with Crippen LogP contribution in [0.1, 0.15) is 32.6 Å². The molecule has 2 aliphatic rings. The quantitative estimate of drug-likeness (QED) is 0.539. The van der Waals surface area contributed by atoms with Gasteiger partial charge in [0.15, 0.2) is 0 Å². The summed E-state index contributed by atoms with van der Waals surface area (Å²) in [5.41, 5.74) is 2.07. The van der Waals surface area contributed by atoms with Gasteiger partial charge in [-0.05, 0) is 25.7 Å². The first kappa shape index (κ1) is 6.26. The van der Waals surface area contributed by atoms with Crippen LogP contribution in [0.3, 0.4) is 0 Å². The van der Waals surface area contributed by atoms with E-state index in [0.717, 1.165) is 0 Å². The standard InChI is InChI=1S/C9H15N/c1-9-5-3-2-4-8(9)10-7-6-9/h4,10H,2-3,5-7H2,1H3. The van der Waals surface area contributed by atoms with Gasteiger partial charge in [0.1, 0.15) is 0 Å². The Hall–Kier alpha value is -0.460. The van der Waals surface area contributed by atoms with Crippen molar-refractivity contribution >= 4 is 0 Å². The van der Waals surface area contributed by atoms with Crippen molar-refractivity contribution in [3.05, 3.63) is 11.8 Å². The fourth-order valence-electron chi connectivity index (χ4n) is 2.14. The van der Waals surface area contributed by atoms with Gasteiger partial charge in [-0.25, -0.2) is 0 Å². The molecule has 1 nitrogen and oxygen atoms in total. The second-order valence-corrected chi connectivity index (χ2v) is 3.75. The normalized spacial score (nSPS) is 38.3. The third-order valence-electron chi connectivity index (χ3n) is 2.92. The zero-order valence-corrected chi connectivity index (χ0v) is 6.61. The zero-order chi connectivity index (χ0) is 7.03. The molecule has 0 aromatic carbocycles. The Bertz CT molecular complexity index is 172. The minimum absolute atomic E-state index is 0.540. The minimum Gasteiger partial charge on any atom is -0.388 e. The Balaban J connectivity index is 2.28. The SMILES string of the molecule is CC12CCCC=C1NCC2. The second kappa shape index (κ2) is 2.01. The average molecular weight is 137 g/mol. The molecule has 1 unspecified atom stereocenters. The fourth-order valence-corrected chi connectivity index (χ4v) is 2.14. The number of nitrogens with one attached hydrogen (secondary N) is 1. The summed E-state index contributed by atoms with van der Waals surface area (Å²) in [6, 6.07) is 0. The van der Waals surface area contributed by atoms with Crippen molar-refractivity contribution in [2.45, 2.75) is 32.6 Å². The highest BCUT2D eigenvalue weighted by Crippen LogP contribution is 2.41. The highest BCUT2D eigenvalue weighted by atomic mass is 14.9. The molecule has 1 aliphatic heterocycles. The van der Waals surface area contributed by atoms with E-state index in [2.05, 4.69) is 18.3 Å². The Morgan fingerprint density at radius 2 is 2.40 bits per heavy atom. The predicted octanol–water partition coefficient (Wildman–Crippen LogP) is 2.05. The van der Waals surface area contributed by atoms with Crippen molar-refractivity contribution in [3.63, 3.8) is 0 Å². The summed E-state index contributed by atoms with van der Waals surface area (Å²) in [5, 5.41) is 3.46. The summed E-state index contributed by atoms with van der Waals surface area (Å²) < 4.78 is 0. The lowest BCUT2D eigenvalue weighted by Gasteiger charge is -2.28. The highest BCUT2D eigenvalue weighted by molar-refractivity contribution is 5.18. The first-order valence-corrected chi connectivity index (χ1v) is 4.26. The van der Waals surface area contributed by atoms with E-state index in [0.29, 0.717) is 5.41 Å². The van der Waals surface area contributed by atoms with E-state index in [1.165, 1.54) is 37.9 Å². The van der Waals surface area contributed by atoms with Crippen molar-refractivity contribution in [2.75, 3.05) is 6.54 Å². The van der Waals surface area contributed by atoms with Gasteiger partial charge in [-0.2, -0.15) is 0 Å². The Kier molecular flexibility index (Phi) is 1.26. The lowest BCUT2D eigenvalue weighted by atomic mass is 9.78. The number of fused-ring (bicyclic) bond motifs is 1. The van der Waals surface area contributed by atoms with Crippen LogP contribution in [0.25, 0.3) is 0 Å². The molecule has 0 amide bonds. The van der Waals surface area contributed by atoms with Crippen molar-refractivity contribution in [3.8, 4) is 0 Å². The largest absolute Gasteiger partial charge is 0.388 e. The minimum atomic E-state index is 0.540. The Morgan fingerprint density at radius 1 is 1.50 bits per heavy atom. The number of allylic oxidation sites excluding steroid dienone is 2. The summed E-state index contributed by atoms with van der Waals surface area (Å²) >= 11 is 0. The molecule has 1 atom stereocenters. The van der Waals surface area contributed by atoms with Gasteiger partial charge in [0.05, 0.1) is 0 Å². The monoisotopic (exact) mass is 137 g/mol. The molecule has 0 spiro atoms. The molecule has 0 aromatic heterocycles. The fraction of sp³-hybridized carbons (Fsp3) is 0.778. The number of hydrogen-bond donors (Lipinski definition) is 1. The van der Waals surface area contributed by atoms with Crippen LogP contribution >= 0.6 is 0 Å². The van der Waals surface area contributed by atoms with Crippen molar-refractivity contribution in [1.82, 2.24) is 5.32 Å². The van der Waals surface area contributed by atoms with Crippen molar-refractivity contribution in [1.29, 1.82) is 0 Å². The maximum atomic E-state index is 3.46. The Morgan fingerprint density at radius 3 is 3.20 bits per heavy atom. The van der Waals surface area contributed by atoms with Crippen molar-refractivity contribution < 1.29 is 0 Å². The molecule has 2 rings (SSSR count). The molecule has 0 radical (unpaired) electrons. The molecular formula is C9H15N. The molecule has 1 N–H and O–H groups in total. The summed E-state index contributed by atoms with van der Waals surface area (Å²) in [6.45, 7) is 3.58. The van der Waals surface area contributed by atoms with Crippen LogP contribution in [-0.4, -0.2) is 6.54 Å². The maximum absolute atomic E-state index is 3.46. The van der Waals surface area contributed by atoms with E-state index in [-0.39, 0.29) is 0 Å². The molecular weight excluding hydrogens is 122 g/mol. The van der Waals surface area contributed by atoms with Crippen LogP contribution in [0.2, 0.25) is 0 Å². The number of hydrogen-bond acceptors (Lipinski definition) is 1. The summed E-state index contributed by atoms with van der Waals surface area (Å²) in [5.74, 6) is 0. The predicted molar refractivity (Wildman–Crippen MR) is 42.7 cm³/mol. The molecule has 10 heavy (non-hydrogen) atoms. The first-order valence-electron chi connectivity index (χ1n) is 4.26. The molecule has 1 heteroatoms. The summed E-state index contributed by atoms with van der Waals surface area (Å²) in [6.07, 6.45) is 7.81. The lowest BCUT2D eigenvalue weighted by molar-refractivity contribution is 0.353. The van der Waals surface area contributed by atoms with Crippen LogP contribution in [-0.2, 0) is 0 Å². The van der Waals surface area contributed by atoms with Crippen LogP contribution in [0.15, 0.2) is 11.8 Å². The maximum Gasteiger partial charge on any atom is 0.0153 e. The Labute approximate surface area is 62.5 Å². The summed E-state index contributed by atoms with van der Waals surface area (Å²) in [7, 11) is 0. The van der Waals surface area contributed by atoms with Gasteiger partial charge in [0.25, 0.3) is 0 Å². The molecule has 1 saturated heterocycles. The topological polar surface area (TPSA) is 12.0 Å². The second-order valence-electron chi connectivity index (χ2n) is 3.75. The van der Waals surface area contributed by atoms with E-state index in [1.807, 2.05) is 0 Å². The van der Waals surface area contributed by atoms with E-state index in [9.17, 15) is 0 Å². The van der Waals surface area contributed by atoms with E-state index < -0.39 is 0 Å². The lowest BCUT2D eigenvalue weighted by Crippen LogP contribution is -2.20. The van der Waals surface area contributed by atoms with Crippen molar-refractivity contribution in [2.24, 2.45) is 5.41 Å². The highest BCUT2D eigenvalue weighted by Gasteiger charge is 2.34. The van der Waals surface area contributed by atoms with Crippen LogP contribution in [0, 0.1) is 5.41 Å². The molecule has 56 valence electrons. The van der Waals surface area contributed by atoms with Crippen LogP contribution < -0.4 is 5.32 Å². The molecule has 0 bridgehead atoms. The van der Waals surface area contributed by atoms with E-state index in [4.69, 9.17) is 0 Å². The van der Waals surface area contributed by atoms with Crippen LogP contribution in [0.4, 0.5) is 0 Å². The molecule has 1 fully saturated rings. The third-order valence-corrected chi connectivity index (χ3v) is 2.92. The zero-order valence-electron chi connectivity index (χ0n) is 6.61. The van der Waals surface area contributed by atoms with Crippen LogP contribution in [0.5, 0.6) is 0 Å². The first-order chi connectivity index (χ1) is 4.81. The van der Waals surface area contributed by atoms with Gasteiger partial charge in [-0.1, -0.05) is 13.0 Å². The van der Waals surface area contributed by atoms with E-state index in [1.54, 1.807) is 0 Å².